The number of carboxylic acids is 2. The summed E-state index contributed by atoms with van der Waals surface area (Å²) < 4.78 is 0. The van der Waals surface area contributed by atoms with Gasteiger partial charge in [-0.15, -0.1) is 0 Å². The topological polar surface area (TPSA) is 109 Å². The molecule has 0 aromatic carbocycles. The Morgan fingerprint density at radius 1 is 0.938 bits per heavy atom. The normalized spacial score (nSPS) is 8.62. The van der Waals surface area contributed by atoms with E-state index in [1.807, 2.05) is 6.92 Å². The maximum atomic E-state index is 10.2. The molecular formula is C10H16O6. The van der Waals surface area contributed by atoms with E-state index >= 15 is 0 Å². The molecular weight excluding hydrogens is 216 g/mol. The van der Waals surface area contributed by atoms with E-state index < -0.39 is 30.6 Å². The van der Waals surface area contributed by atoms with Crippen molar-refractivity contribution < 1.29 is 29.4 Å². The summed E-state index contributed by atoms with van der Waals surface area (Å²) in [6.45, 7) is 3.62. The van der Waals surface area contributed by atoms with Crippen LogP contribution in [-0.4, -0.2) is 33.7 Å². The van der Waals surface area contributed by atoms with Crippen molar-refractivity contribution in [3.8, 4) is 0 Å². The summed E-state index contributed by atoms with van der Waals surface area (Å²) in [5, 5.41) is 16.0. The van der Waals surface area contributed by atoms with Gasteiger partial charge in [-0.1, -0.05) is 6.92 Å². The van der Waals surface area contributed by atoms with Crippen molar-refractivity contribution in [1.29, 1.82) is 0 Å². The molecule has 6 nitrogen and oxygen atoms in total. The minimum atomic E-state index is -1.58. The summed E-state index contributed by atoms with van der Waals surface area (Å²) >= 11 is 0. The fourth-order valence-corrected chi connectivity index (χ4v) is 0.679. The Hall–Kier alpha value is -1.72. The third-order valence-corrected chi connectivity index (χ3v) is 1.41. The Bertz CT molecular complexity index is 268. The number of carbonyl (C=O) groups excluding carboxylic acids is 2. The van der Waals surface area contributed by atoms with E-state index in [1.54, 1.807) is 6.92 Å². The molecule has 0 aliphatic carbocycles. The van der Waals surface area contributed by atoms with Gasteiger partial charge < -0.3 is 15.0 Å². The number of hydrogen-bond donors (Lipinski definition) is 2. The third kappa shape index (κ3) is 14.8. The van der Waals surface area contributed by atoms with Gasteiger partial charge >= 0.3 is 11.9 Å². The Kier molecular flexibility index (Phi) is 10.3. The molecule has 0 aliphatic heterocycles. The molecule has 0 aromatic heterocycles. The lowest BCUT2D eigenvalue weighted by atomic mass is 10.2. The van der Waals surface area contributed by atoms with Crippen molar-refractivity contribution in [2.75, 3.05) is 0 Å². The molecule has 0 atom stereocenters. The van der Waals surface area contributed by atoms with Crippen LogP contribution in [0.4, 0.5) is 0 Å². The van der Waals surface area contributed by atoms with Crippen molar-refractivity contribution >= 4 is 23.5 Å². The first-order valence-electron chi connectivity index (χ1n) is 4.78. The molecule has 0 radical (unpaired) electrons. The molecule has 0 saturated heterocycles. The van der Waals surface area contributed by atoms with E-state index in [2.05, 4.69) is 0 Å². The van der Waals surface area contributed by atoms with Crippen LogP contribution >= 0.6 is 0 Å². The maximum absolute atomic E-state index is 10.2. The Morgan fingerprint density at radius 3 is 1.62 bits per heavy atom. The molecule has 0 aliphatic rings. The highest BCUT2D eigenvalue weighted by atomic mass is 16.4. The summed E-state index contributed by atoms with van der Waals surface area (Å²) in [5.41, 5.74) is 0. The summed E-state index contributed by atoms with van der Waals surface area (Å²) in [6.07, 6.45) is 0.852. The first-order chi connectivity index (χ1) is 7.31. The predicted octanol–water partition coefficient (Wildman–Crippen LogP) is 0.880. The molecule has 0 saturated carbocycles. The number of carbonyl (C=O) groups is 4. The van der Waals surface area contributed by atoms with E-state index in [1.165, 1.54) is 0 Å². The van der Waals surface area contributed by atoms with Crippen molar-refractivity contribution in [2.24, 2.45) is 0 Å². The highest BCUT2D eigenvalue weighted by Crippen LogP contribution is 1.90. The van der Waals surface area contributed by atoms with Crippen LogP contribution in [0.15, 0.2) is 0 Å². The average Bonchev–Trinajstić information content (AvgIpc) is 2.14. The molecule has 6 heteroatoms. The van der Waals surface area contributed by atoms with Crippen LogP contribution in [0.3, 0.4) is 0 Å². The minimum Gasteiger partial charge on any atom is -0.481 e. The molecule has 0 aromatic rings. The second-order valence-corrected chi connectivity index (χ2v) is 3.07. The van der Waals surface area contributed by atoms with Crippen LogP contribution < -0.4 is 0 Å². The van der Waals surface area contributed by atoms with Crippen LogP contribution in [0.2, 0.25) is 0 Å². The molecule has 0 spiro atoms. The highest BCUT2D eigenvalue weighted by Gasteiger charge is 2.12. The average molecular weight is 232 g/mol. The first kappa shape index (κ1) is 16.7. The van der Waals surface area contributed by atoms with E-state index in [0.29, 0.717) is 0 Å². The lowest BCUT2D eigenvalue weighted by Gasteiger charge is -1.88. The number of aliphatic carboxylic acids is 2. The Labute approximate surface area is 93.3 Å². The standard InChI is InChI=1S/C5H6O5.C5H10O/c6-3(5(9)10)1-2-4(7)8;1-3-4-5(2)6/h1-2H2,(H,7,8)(H,9,10);3-4H2,1-2H3. The van der Waals surface area contributed by atoms with Gasteiger partial charge in [-0.25, -0.2) is 4.79 Å². The summed E-state index contributed by atoms with van der Waals surface area (Å²) in [7, 11) is 0. The van der Waals surface area contributed by atoms with Crippen LogP contribution in [-0.2, 0) is 19.2 Å². The molecule has 0 bridgehead atoms. The number of ketones is 2. The third-order valence-electron chi connectivity index (χ3n) is 1.41. The second-order valence-electron chi connectivity index (χ2n) is 3.07. The quantitative estimate of drug-likeness (QED) is 0.658. The van der Waals surface area contributed by atoms with Gasteiger partial charge in [-0.2, -0.15) is 0 Å². The second kappa shape index (κ2) is 9.82. The lowest BCUT2D eigenvalue weighted by Crippen LogP contribution is -2.13. The van der Waals surface area contributed by atoms with Gasteiger partial charge in [0.25, 0.3) is 0 Å². The monoisotopic (exact) mass is 232 g/mol. The van der Waals surface area contributed by atoms with Gasteiger partial charge in [-0.3, -0.25) is 9.59 Å². The Morgan fingerprint density at radius 2 is 1.44 bits per heavy atom. The van der Waals surface area contributed by atoms with Gasteiger partial charge in [-0.05, 0) is 13.3 Å². The van der Waals surface area contributed by atoms with Gasteiger partial charge in [0, 0.05) is 12.8 Å². The fourth-order valence-electron chi connectivity index (χ4n) is 0.679. The predicted molar refractivity (Wildman–Crippen MR) is 55.1 cm³/mol. The van der Waals surface area contributed by atoms with E-state index in [0.717, 1.165) is 12.8 Å². The van der Waals surface area contributed by atoms with Crippen molar-refractivity contribution in [2.45, 2.75) is 39.5 Å². The molecule has 0 heterocycles. The zero-order valence-electron chi connectivity index (χ0n) is 9.36. The summed E-state index contributed by atoms with van der Waals surface area (Å²) in [4.78, 5) is 39.8. The molecule has 0 fully saturated rings. The number of carboxylic acid groups (broad SMARTS) is 2. The van der Waals surface area contributed by atoms with Gasteiger partial charge in [0.05, 0.1) is 6.42 Å². The molecule has 0 amide bonds. The zero-order valence-corrected chi connectivity index (χ0v) is 9.36. The van der Waals surface area contributed by atoms with E-state index in [4.69, 9.17) is 10.2 Å². The van der Waals surface area contributed by atoms with Gasteiger partial charge in [0.15, 0.2) is 0 Å². The number of rotatable bonds is 6. The lowest BCUT2D eigenvalue weighted by molar-refractivity contribution is -0.149. The Balaban J connectivity index is 0. The van der Waals surface area contributed by atoms with Gasteiger partial charge in [0.1, 0.15) is 5.78 Å². The highest BCUT2D eigenvalue weighted by molar-refractivity contribution is 6.32. The molecule has 2 N–H and O–H groups in total. The maximum Gasteiger partial charge on any atom is 0.372 e. The SMILES string of the molecule is CCCC(C)=O.O=C(O)CCC(=O)C(=O)O. The number of Topliss-reactive ketones (excluding diaryl/α,β-unsaturated/α-hetero) is 2. The summed E-state index contributed by atoms with van der Waals surface area (Å²) in [6, 6.07) is 0. The van der Waals surface area contributed by atoms with Crippen LogP contribution in [0.5, 0.6) is 0 Å². The van der Waals surface area contributed by atoms with E-state index in [9.17, 15) is 19.2 Å². The molecule has 0 rings (SSSR count). The van der Waals surface area contributed by atoms with Crippen molar-refractivity contribution in [3.63, 3.8) is 0 Å². The largest absolute Gasteiger partial charge is 0.481 e. The van der Waals surface area contributed by atoms with Gasteiger partial charge in [0.2, 0.25) is 5.78 Å². The van der Waals surface area contributed by atoms with Crippen LogP contribution in [0, 0.1) is 0 Å². The van der Waals surface area contributed by atoms with Crippen molar-refractivity contribution in [3.05, 3.63) is 0 Å². The smallest absolute Gasteiger partial charge is 0.372 e. The van der Waals surface area contributed by atoms with Crippen LogP contribution in [0.1, 0.15) is 39.5 Å². The fraction of sp³-hybridized carbons (Fsp3) is 0.600. The minimum absolute atomic E-state index is 0.289. The summed E-state index contributed by atoms with van der Waals surface area (Å²) in [5.74, 6) is -3.53. The van der Waals surface area contributed by atoms with E-state index in [-0.39, 0.29) is 5.78 Å². The molecule has 16 heavy (non-hydrogen) atoms. The molecule has 92 valence electrons. The number of hydrogen-bond acceptors (Lipinski definition) is 4. The first-order valence-corrected chi connectivity index (χ1v) is 4.78. The zero-order chi connectivity index (χ0) is 13.1. The molecule has 0 unspecified atom stereocenters. The van der Waals surface area contributed by atoms with Crippen molar-refractivity contribution in [1.82, 2.24) is 0 Å². The van der Waals surface area contributed by atoms with Crippen LogP contribution in [0.25, 0.3) is 0 Å².